The monoisotopic (exact) mass is 266 g/mol. The minimum absolute atomic E-state index is 0.156. The highest BCUT2D eigenvalue weighted by Gasteiger charge is 2.15. The number of hydrogen-bond donors (Lipinski definition) is 0. The molecule has 2 rings (SSSR count). The summed E-state index contributed by atoms with van der Waals surface area (Å²) in [6.45, 7) is 0. The molecule has 0 radical (unpaired) electrons. The van der Waals surface area contributed by atoms with E-state index < -0.39 is 10.1 Å². The van der Waals surface area contributed by atoms with Crippen LogP contribution in [0.1, 0.15) is 0 Å². The minimum atomic E-state index is -3.70. The van der Waals surface area contributed by atoms with E-state index in [1.165, 1.54) is 12.1 Å². The second-order valence-corrected chi connectivity index (χ2v) is 5.79. The Kier molecular flexibility index (Phi) is 3.83. The van der Waals surface area contributed by atoms with Crippen LogP contribution < -0.4 is 0 Å². The van der Waals surface area contributed by atoms with Crippen LogP contribution in [0.5, 0.6) is 0 Å². The molecule has 0 amide bonds. The SMILES string of the molecule is O=S(=O)(OSc1ccccc1)c1ccccc1. The summed E-state index contributed by atoms with van der Waals surface area (Å²) in [6.07, 6.45) is 0. The maximum Gasteiger partial charge on any atom is 0.308 e. The molecular formula is C12H10O3S2. The van der Waals surface area contributed by atoms with Gasteiger partial charge in [0.15, 0.2) is 0 Å². The zero-order valence-corrected chi connectivity index (χ0v) is 10.4. The Balaban J connectivity index is 2.09. The maximum atomic E-state index is 11.8. The molecule has 88 valence electrons. The number of benzene rings is 2. The lowest BCUT2D eigenvalue weighted by atomic mass is 10.4. The number of hydrogen-bond acceptors (Lipinski definition) is 4. The Morgan fingerprint density at radius 2 is 1.35 bits per heavy atom. The zero-order chi connectivity index (χ0) is 12.1. The van der Waals surface area contributed by atoms with Gasteiger partial charge in [0.1, 0.15) is 0 Å². The van der Waals surface area contributed by atoms with E-state index in [1.807, 2.05) is 18.2 Å². The lowest BCUT2D eigenvalue weighted by molar-refractivity contribution is 0.518. The van der Waals surface area contributed by atoms with Crippen LogP contribution in [-0.4, -0.2) is 8.42 Å². The largest absolute Gasteiger partial charge is 0.308 e. The molecule has 0 N–H and O–H groups in total. The van der Waals surface area contributed by atoms with Gasteiger partial charge in [-0.2, -0.15) is 12.0 Å². The third-order valence-corrected chi connectivity index (χ3v) is 4.30. The highest BCUT2D eigenvalue weighted by molar-refractivity contribution is 8.04. The Morgan fingerprint density at radius 1 is 0.824 bits per heavy atom. The van der Waals surface area contributed by atoms with Gasteiger partial charge in [-0.25, -0.2) is 0 Å². The molecule has 0 unspecified atom stereocenters. The van der Waals surface area contributed by atoms with Gasteiger partial charge in [0.05, 0.1) is 4.90 Å². The first-order chi connectivity index (χ1) is 8.18. The van der Waals surface area contributed by atoms with Gasteiger partial charge in [-0.05, 0) is 24.3 Å². The normalized spacial score (nSPS) is 11.3. The van der Waals surface area contributed by atoms with Crippen molar-refractivity contribution in [1.82, 2.24) is 0 Å². The topological polar surface area (TPSA) is 43.4 Å². The van der Waals surface area contributed by atoms with Crippen molar-refractivity contribution in [3.05, 3.63) is 60.7 Å². The fourth-order valence-corrected chi connectivity index (χ4v) is 2.93. The van der Waals surface area contributed by atoms with E-state index in [-0.39, 0.29) is 4.90 Å². The van der Waals surface area contributed by atoms with Gasteiger partial charge in [0.25, 0.3) is 0 Å². The first-order valence-electron chi connectivity index (χ1n) is 4.90. The lowest BCUT2D eigenvalue weighted by Crippen LogP contribution is -2.00. The van der Waals surface area contributed by atoms with Crippen LogP contribution >= 0.6 is 12.0 Å². The van der Waals surface area contributed by atoms with Crippen molar-refractivity contribution in [2.45, 2.75) is 9.79 Å². The van der Waals surface area contributed by atoms with Crippen LogP contribution in [0.15, 0.2) is 70.5 Å². The Morgan fingerprint density at radius 3 is 1.94 bits per heavy atom. The summed E-state index contributed by atoms with van der Waals surface area (Å²) in [4.78, 5) is 0.899. The van der Waals surface area contributed by atoms with Crippen LogP contribution in [0.3, 0.4) is 0 Å². The smallest absolute Gasteiger partial charge is 0.193 e. The fraction of sp³-hybridized carbons (Fsp3) is 0. The standard InChI is InChI=1S/C12H10O3S2/c13-17(14,12-9-5-2-6-10-12)15-16-11-7-3-1-4-8-11/h1-10H. The second-order valence-electron chi connectivity index (χ2n) is 3.23. The molecule has 0 aliphatic heterocycles. The summed E-state index contributed by atoms with van der Waals surface area (Å²) < 4.78 is 28.4. The van der Waals surface area contributed by atoms with E-state index in [1.54, 1.807) is 30.3 Å². The molecule has 0 spiro atoms. The highest BCUT2D eigenvalue weighted by atomic mass is 32.3. The fourth-order valence-electron chi connectivity index (χ4n) is 1.19. The van der Waals surface area contributed by atoms with Crippen LogP contribution in [0.4, 0.5) is 0 Å². The van der Waals surface area contributed by atoms with Crippen molar-refractivity contribution >= 4 is 22.2 Å². The third-order valence-electron chi connectivity index (χ3n) is 1.99. The molecule has 0 heterocycles. The molecule has 0 atom stereocenters. The molecule has 0 aliphatic rings. The molecule has 2 aromatic carbocycles. The van der Waals surface area contributed by atoms with Gasteiger partial charge < -0.3 is 0 Å². The van der Waals surface area contributed by atoms with Gasteiger partial charge in [-0.3, -0.25) is 0 Å². The van der Waals surface area contributed by atoms with E-state index in [4.69, 9.17) is 3.63 Å². The van der Waals surface area contributed by atoms with E-state index >= 15 is 0 Å². The molecule has 17 heavy (non-hydrogen) atoms. The van der Waals surface area contributed by atoms with Crippen LogP contribution in [0.25, 0.3) is 0 Å². The lowest BCUT2D eigenvalue weighted by Gasteiger charge is -2.03. The van der Waals surface area contributed by atoms with Crippen molar-refractivity contribution in [3.63, 3.8) is 0 Å². The molecule has 0 saturated carbocycles. The molecule has 2 aromatic rings. The second kappa shape index (κ2) is 5.35. The quantitative estimate of drug-likeness (QED) is 0.798. The average molecular weight is 266 g/mol. The van der Waals surface area contributed by atoms with Crippen molar-refractivity contribution in [3.8, 4) is 0 Å². The average Bonchev–Trinajstić information content (AvgIpc) is 2.39. The van der Waals surface area contributed by atoms with Gasteiger partial charge in [0, 0.05) is 16.9 Å². The predicted molar refractivity (Wildman–Crippen MR) is 67.0 cm³/mol. The molecule has 0 aliphatic carbocycles. The predicted octanol–water partition coefficient (Wildman–Crippen LogP) is 3.10. The summed E-state index contributed by atoms with van der Waals surface area (Å²) in [5.74, 6) is 0. The van der Waals surface area contributed by atoms with Gasteiger partial charge in [-0.15, -0.1) is 0 Å². The molecule has 3 nitrogen and oxygen atoms in total. The molecule has 0 aromatic heterocycles. The van der Waals surface area contributed by atoms with Crippen molar-refractivity contribution in [2.75, 3.05) is 0 Å². The van der Waals surface area contributed by atoms with Gasteiger partial charge in [0.2, 0.25) is 0 Å². The molecule has 0 saturated heterocycles. The first-order valence-corrected chi connectivity index (χ1v) is 7.05. The summed E-state index contributed by atoms with van der Waals surface area (Å²) in [5, 5.41) is 0. The van der Waals surface area contributed by atoms with Gasteiger partial charge in [-0.1, -0.05) is 36.4 Å². The van der Waals surface area contributed by atoms with E-state index in [9.17, 15) is 8.42 Å². The number of rotatable bonds is 4. The Hall–Kier alpha value is -1.30. The van der Waals surface area contributed by atoms with E-state index in [0.717, 1.165) is 16.9 Å². The minimum Gasteiger partial charge on any atom is -0.193 e. The third kappa shape index (κ3) is 3.33. The van der Waals surface area contributed by atoms with Crippen molar-refractivity contribution in [1.29, 1.82) is 0 Å². The van der Waals surface area contributed by atoms with E-state index in [0.29, 0.717) is 0 Å². The Labute approximate surface area is 105 Å². The maximum absolute atomic E-state index is 11.8. The first kappa shape index (κ1) is 12.2. The van der Waals surface area contributed by atoms with Gasteiger partial charge >= 0.3 is 10.1 Å². The summed E-state index contributed by atoms with van der Waals surface area (Å²) in [7, 11) is -3.70. The molecule has 5 heteroatoms. The van der Waals surface area contributed by atoms with Crippen LogP contribution in [0, 0.1) is 0 Å². The molecule has 0 fully saturated rings. The van der Waals surface area contributed by atoms with Crippen molar-refractivity contribution in [2.24, 2.45) is 0 Å². The zero-order valence-electron chi connectivity index (χ0n) is 8.81. The van der Waals surface area contributed by atoms with Crippen molar-refractivity contribution < 1.29 is 12.0 Å². The summed E-state index contributed by atoms with van der Waals surface area (Å²) in [6, 6.07) is 17.1. The highest BCUT2D eigenvalue weighted by Crippen LogP contribution is 2.24. The van der Waals surface area contributed by atoms with Crippen LogP contribution in [0.2, 0.25) is 0 Å². The van der Waals surface area contributed by atoms with Crippen LogP contribution in [-0.2, 0) is 13.7 Å². The van der Waals surface area contributed by atoms with E-state index in [2.05, 4.69) is 0 Å². The molecular weight excluding hydrogens is 256 g/mol. The summed E-state index contributed by atoms with van der Waals surface area (Å²) >= 11 is 0.834. The summed E-state index contributed by atoms with van der Waals surface area (Å²) in [5.41, 5.74) is 0. The Bertz CT molecular complexity index is 565. The molecule has 0 bridgehead atoms.